The van der Waals surface area contributed by atoms with E-state index in [9.17, 15) is 5.11 Å². The molecule has 1 aliphatic carbocycles. The van der Waals surface area contributed by atoms with Crippen molar-refractivity contribution in [3.05, 3.63) is 21.9 Å². The minimum Gasteiger partial charge on any atom is -0.393 e. The smallest absolute Gasteiger partial charge is 0.0555 e. The second kappa shape index (κ2) is 5.30. The van der Waals surface area contributed by atoms with Gasteiger partial charge in [-0.1, -0.05) is 13.8 Å². The molecule has 1 saturated carbocycles. The highest BCUT2D eigenvalue weighted by Gasteiger charge is 2.22. The fourth-order valence-corrected chi connectivity index (χ4v) is 3.15. The lowest BCUT2D eigenvalue weighted by Gasteiger charge is -2.10. The van der Waals surface area contributed by atoms with Gasteiger partial charge in [-0.15, -0.1) is 11.3 Å². The quantitative estimate of drug-likeness (QED) is 0.847. The number of nitrogens with one attached hydrogen (secondary N) is 1. The zero-order valence-electron chi connectivity index (χ0n) is 10.1. The number of aliphatic hydroxyl groups is 1. The van der Waals surface area contributed by atoms with Crippen LogP contribution >= 0.6 is 11.3 Å². The molecule has 1 aromatic heterocycles. The molecular weight excluding hydrogens is 218 g/mol. The van der Waals surface area contributed by atoms with Gasteiger partial charge < -0.3 is 10.4 Å². The molecule has 0 saturated heterocycles. The Balaban J connectivity index is 1.80. The predicted octanol–water partition coefficient (Wildman–Crippen LogP) is 2.87. The minimum absolute atomic E-state index is 0.0768. The van der Waals surface area contributed by atoms with Crippen LogP contribution in [0.15, 0.2) is 12.1 Å². The molecule has 1 aromatic rings. The summed E-state index contributed by atoms with van der Waals surface area (Å²) in [4.78, 5) is 2.87. The molecule has 2 atom stereocenters. The van der Waals surface area contributed by atoms with E-state index in [0.29, 0.717) is 12.0 Å². The zero-order chi connectivity index (χ0) is 11.5. The van der Waals surface area contributed by atoms with Crippen LogP contribution in [0.3, 0.4) is 0 Å². The molecule has 3 heteroatoms. The second-order valence-electron chi connectivity index (χ2n) is 5.00. The van der Waals surface area contributed by atoms with Gasteiger partial charge in [0.2, 0.25) is 0 Å². The van der Waals surface area contributed by atoms with Gasteiger partial charge in [0, 0.05) is 22.3 Å². The first-order valence-electron chi connectivity index (χ1n) is 6.15. The highest BCUT2D eigenvalue weighted by Crippen LogP contribution is 2.25. The number of hydrogen-bond acceptors (Lipinski definition) is 3. The van der Waals surface area contributed by atoms with Crippen LogP contribution in [0.2, 0.25) is 0 Å². The van der Waals surface area contributed by atoms with E-state index in [4.69, 9.17) is 0 Å². The van der Waals surface area contributed by atoms with Crippen LogP contribution in [-0.4, -0.2) is 17.3 Å². The van der Waals surface area contributed by atoms with Crippen LogP contribution in [-0.2, 0) is 6.54 Å². The van der Waals surface area contributed by atoms with Gasteiger partial charge in [0.15, 0.2) is 0 Å². The lowest BCUT2D eigenvalue weighted by molar-refractivity contribution is 0.179. The van der Waals surface area contributed by atoms with Gasteiger partial charge in [-0.3, -0.25) is 0 Å². The summed E-state index contributed by atoms with van der Waals surface area (Å²) in [6, 6.07) is 4.97. The highest BCUT2D eigenvalue weighted by atomic mass is 32.1. The van der Waals surface area contributed by atoms with Crippen molar-refractivity contribution >= 4 is 11.3 Å². The normalized spacial score (nSPS) is 25.5. The van der Waals surface area contributed by atoms with Crippen molar-refractivity contribution in [1.29, 1.82) is 0 Å². The summed E-state index contributed by atoms with van der Waals surface area (Å²) in [7, 11) is 0. The standard InChI is InChI=1S/C13H21NOS/c1-9(2)13-6-5-12(16-13)8-14-10-3-4-11(15)7-10/h5-6,9-11,14-15H,3-4,7-8H2,1-2H3/t10-,11-/m0/s1. The lowest BCUT2D eigenvalue weighted by atomic mass is 10.2. The van der Waals surface area contributed by atoms with E-state index in [-0.39, 0.29) is 6.10 Å². The first-order chi connectivity index (χ1) is 7.65. The van der Waals surface area contributed by atoms with Crippen molar-refractivity contribution in [2.75, 3.05) is 0 Å². The molecule has 2 N–H and O–H groups in total. The van der Waals surface area contributed by atoms with Gasteiger partial charge in [0.05, 0.1) is 6.10 Å². The van der Waals surface area contributed by atoms with E-state index in [1.165, 1.54) is 9.75 Å². The lowest BCUT2D eigenvalue weighted by Crippen LogP contribution is -2.25. The summed E-state index contributed by atoms with van der Waals surface area (Å²) < 4.78 is 0. The zero-order valence-corrected chi connectivity index (χ0v) is 10.9. The first-order valence-corrected chi connectivity index (χ1v) is 6.97. The molecule has 1 fully saturated rings. The molecule has 16 heavy (non-hydrogen) atoms. The Morgan fingerprint density at radius 2 is 2.25 bits per heavy atom. The summed E-state index contributed by atoms with van der Waals surface area (Å²) in [6.45, 7) is 5.42. The monoisotopic (exact) mass is 239 g/mol. The molecule has 0 unspecified atom stereocenters. The predicted molar refractivity (Wildman–Crippen MR) is 68.9 cm³/mol. The van der Waals surface area contributed by atoms with Crippen LogP contribution in [0.25, 0.3) is 0 Å². The van der Waals surface area contributed by atoms with Gasteiger partial charge in [-0.2, -0.15) is 0 Å². The molecule has 1 aliphatic rings. The van der Waals surface area contributed by atoms with E-state index < -0.39 is 0 Å². The van der Waals surface area contributed by atoms with Gasteiger partial charge in [0.25, 0.3) is 0 Å². The largest absolute Gasteiger partial charge is 0.393 e. The SMILES string of the molecule is CC(C)c1ccc(CN[C@H]2CC[C@H](O)C2)s1. The van der Waals surface area contributed by atoms with E-state index in [0.717, 1.165) is 25.8 Å². The molecule has 0 amide bonds. The van der Waals surface area contributed by atoms with Crippen LogP contribution in [0.4, 0.5) is 0 Å². The number of hydrogen-bond donors (Lipinski definition) is 2. The summed E-state index contributed by atoms with van der Waals surface area (Å²) in [5.74, 6) is 0.632. The Morgan fingerprint density at radius 1 is 1.44 bits per heavy atom. The molecule has 0 radical (unpaired) electrons. The van der Waals surface area contributed by atoms with E-state index in [2.05, 4.69) is 31.3 Å². The Morgan fingerprint density at radius 3 is 2.81 bits per heavy atom. The topological polar surface area (TPSA) is 32.3 Å². The average molecular weight is 239 g/mol. The third-order valence-electron chi connectivity index (χ3n) is 3.22. The first kappa shape index (κ1) is 12.1. The molecule has 0 spiro atoms. The van der Waals surface area contributed by atoms with Crippen LogP contribution in [0, 0.1) is 0 Å². The third kappa shape index (κ3) is 3.06. The number of aliphatic hydroxyl groups excluding tert-OH is 1. The molecule has 0 aliphatic heterocycles. The summed E-state index contributed by atoms with van der Waals surface area (Å²) in [6.07, 6.45) is 2.91. The van der Waals surface area contributed by atoms with E-state index >= 15 is 0 Å². The van der Waals surface area contributed by atoms with Gasteiger partial charge >= 0.3 is 0 Å². The van der Waals surface area contributed by atoms with E-state index in [1.807, 2.05) is 11.3 Å². The molecule has 1 heterocycles. The molecule has 90 valence electrons. The Bertz CT molecular complexity index is 334. The van der Waals surface area contributed by atoms with Crippen molar-refractivity contribution < 1.29 is 5.11 Å². The molecular formula is C13H21NOS. The van der Waals surface area contributed by atoms with Gasteiger partial charge in [0.1, 0.15) is 0 Å². The summed E-state index contributed by atoms with van der Waals surface area (Å²) in [5.41, 5.74) is 0. The fourth-order valence-electron chi connectivity index (χ4n) is 2.19. The summed E-state index contributed by atoms with van der Waals surface area (Å²) in [5, 5.41) is 13.0. The van der Waals surface area contributed by atoms with Crippen molar-refractivity contribution in [3.63, 3.8) is 0 Å². The molecule has 2 rings (SSSR count). The molecule has 0 aromatic carbocycles. The Labute approximate surface area is 102 Å². The Hall–Kier alpha value is -0.380. The van der Waals surface area contributed by atoms with Crippen LogP contribution < -0.4 is 5.32 Å². The minimum atomic E-state index is -0.0768. The van der Waals surface area contributed by atoms with Crippen molar-refractivity contribution in [1.82, 2.24) is 5.32 Å². The van der Waals surface area contributed by atoms with Crippen LogP contribution in [0.5, 0.6) is 0 Å². The average Bonchev–Trinajstić information content (AvgIpc) is 2.83. The maximum absolute atomic E-state index is 9.44. The number of thiophene rings is 1. The Kier molecular flexibility index (Phi) is 4.00. The van der Waals surface area contributed by atoms with E-state index in [1.54, 1.807) is 0 Å². The van der Waals surface area contributed by atoms with Gasteiger partial charge in [-0.05, 0) is 37.3 Å². The third-order valence-corrected chi connectivity index (χ3v) is 4.61. The number of rotatable bonds is 4. The van der Waals surface area contributed by atoms with Crippen LogP contribution in [0.1, 0.15) is 48.8 Å². The van der Waals surface area contributed by atoms with Crippen molar-refractivity contribution in [2.24, 2.45) is 0 Å². The molecule has 2 nitrogen and oxygen atoms in total. The molecule has 0 bridgehead atoms. The second-order valence-corrected chi connectivity index (χ2v) is 6.20. The fraction of sp³-hybridized carbons (Fsp3) is 0.692. The highest BCUT2D eigenvalue weighted by molar-refractivity contribution is 7.12. The van der Waals surface area contributed by atoms with Crippen molar-refractivity contribution in [3.8, 4) is 0 Å². The maximum atomic E-state index is 9.44. The maximum Gasteiger partial charge on any atom is 0.0555 e. The van der Waals surface area contributed by atoms with Crippen molar-refractivity contribution in [2.45, 2.75) is 57.7 Å². The van der Waals surface area contributed by atoms with Gasteiger partial charge in [-0.25, -0.2) is 0 Å². The summed E-state index contributed by atoms with van der Waals surface area (Å²) >= 11 is 1.90.